The van der Waals surface area contributed by atoms with Crippen LogP contribution in [0.4, 0.5) is 0 Å². The number of fused-ring (bicyclic) bond motifs is 2. The van der Waals surface area contributed by atoms with Crippen LogP contribution in [0.25, 0.3) is 21.8 Å². The maximum atomic E-state index is 13.5. The summed E-state index contributed by atoms with van der Waals surface area (Å²) in [6.07, 6.45) is 7.29. The number of H-pyrrole nitrogens is 1. The number of aromatic nitrogens is 2. The highest BCUT2D eigenvalue weighted by atomic mass is 32.1. The molecule has 0 saturated heterocycles. The van der Waals surface area contributed by atoms with Gasteiger partial charge in [0.05, 0.1) is 21.4 Å². The monoisotopic (exact) mass is 868 g/mol. The number of hydrogen-bond acceptors (Lipinski definition) is 10. The Kier molecular flexibility index (Phi) is 13.6. The lowest BCUT2D eigenvalue weighted by Crippen LogP contribution is -2.43. The number of nitrogens with one attached hydrogen (secondary N) is 2. The van der Waals surface area contributed by atoms with Crippen molar-refractivity contribution in [1.29, 1.82) is 0 Å². The van der Waals surface area contributed by atoms with Crippen molar-refractivity contribution in [3.63, 3.8) is 0 Å². The van der Waals surface area contributed by atoms with Crippen LogP contribution in [-0.4, -0.2) is 77.8 Å². The second-order valence-electron chi connectivity index (χ2n) is 17.8. The largest absolute Gasteiger partial charge is 0.506 e. The maximum absolute atomic E-state index is 13.5. The summed E-state index contributed by atoms with van der Waals surface area (Å²) in [5.41, 5.74) is 1.93. The predicted molar refractivity (Wildman–Crippen MR) is 247 cm³/mol. The summed E-state index contributed by atoms with van der Waals surface area (Å²) in [4.78, 5) is 32.1. The van der Waals surface area contributed by atoms with Gasteiger partial charge in [-0.25, -0.2) is 4.79 Å². The van der Waals surface area contributed by atoms with Gasteiger partial charge < -0.3 is 39.1 Å². The van der Waals surface area contributed by atoms with Gasteiger partial charge in [-0.1, -0.05) is 57.2 Å². The number of hydrogen-bond donors (Lipinski definition) is 4. The second-order valence-corrected chi connectivity index (χ2v) is 24.5. The fourth-order valence-corrected chi connectivity index (χ4v) is 11.2. The molecule has 6 aromatic rings. The number of esters is 1. The first kappa shape index (κ1) is 44.0. The van der Waals surface area contributed by atoms with Crippen LogP contribution in [0, 0.1) is 0 Å². The third-order valence-electron chi connectivity index (χ3n) is 12.8. The average Bonchev–Trinajstić information content (AvgIpc) is 4.03. The lowest BCUT2D eigenvalue weighted by molar-refractivity contribution is -0.169. The molecule has 0 bridgehead atoms. The number of aromatic hydroxyl groups is 1. The van der Waals surface area contributed by atoms with Crippen molar-refractivity contribution in [2.75, 3.05) is 26.7 Å². The number of aromatic amines is 1. The molecule has 1 fully saturated rings. The molecule has 0 radical (unpaired) electrons. The van der Waals surface area contributed by atoms with Crippen molar-refractivity contribution >= 4 is 58.8 Å². The molecule has 4 aromatic heterocycles. The number of ether oxygens (including phenoxy) is 1. The van der Waals surface area contributed by atoms with E-state index in [-0.39, 0.29) is 28.6 Å². The number of nitrogens with zero attached hydrogens (tertiary/aromatic N) is 2. The van der Waals surface area contributed by atoms with Gasteiger partial charge in [0, 0.05) is 54.2 Å². The Morgan fingerprint density at radius 3 is 2.33 bits per heavy atom. The van der Waals surface area contributed by atoms with Crippen molar-refractivity contribution in [1.82, 2.24) is 19.8 Å². The minimum absolute atomic E-state index is 0.00166. The number of phenols is 1. The van der Waals surface area contributed by atoms with Gasteiger partial charge >= 0.3 is 5.97 Å². The van der Waals surface area contributed by atoms with E-state index in [2.05, 4.69) is 91.1 Å². The normalized spacial score (nSPS) is 17.1. The average molecular weight is 869 g/mol. The van der Waals surface area contributed by atoms with E-state index in [0.29, 0.717) is 27.9 Å². The number of para-hydroxylation sites is 1. The number of aliphatic hydroxyl groups is 1. The zero-order valence-corrected chi connectivity index (χ0v) is 38.3. The van der Waals surface area contributed by atoms with Gasteiger partial charge in [-0.2, -0.15) is 0 Å². The van der Waals surface area contributed by atoms with Crippen LogP contribution >= 0.6 is 22.7 Å². The van der Waals surface area contributed by atoms with Gasteiger partial charge in [0.2, 0.25) is 11.2 Å². The predicted octanol–water partition coefficient (Wildman–Crippen LogP) is 9.32. The molecule has 10 nitrogen and oxygen atoms in total. The number of phenolic OH excluding ortho intramolecular Hbond substituents is 1. The van der Waals surface area contributed by atoms with E-state index in [9.17, 15) is 19.8 Å². The van der Waals surface area contributed by atoms with E-state index < -0.39 is 19.9 Å². The van der Waals surface area contributed by atoms with E-state index in [4.69, 9.17) is 9.16 Å². The highest BCUT2D eigenvalue weighted by molar-refractivity contribution is 7.12. The molecule has 320 valence electrons. The third kappa shape index (κ3) is 9.52. The highest BCUT2D eigenvalue weighted by Gasteiger charge is 2.45. The zero-order chi connectivity index (χ0) is 42.7. The molecule has 1 saturated carbocycles. The molecule has 0 spiro atoms. The molecule has 4 N–H and O–H groups in total. The number of carbonyl (C=O) groups is 1. The summed E-state index contributed by atoms with van der Waals surface area (Å²) in [6.45, 7) is 14.3. The number of aryl methyl sites for hydroxylation is 1. The molecule has 0 unspecified atom stereocenters. The first-order valence-corrected chi connectivity index (χ1v) is 25.8. The Morgan fingerprint density at radius 2 is 1.67 bits per heavy atom. The van der Waals surface area contributed by atoms with Gasteiger partial charge in [-0.3, -0.25) is 4.79 Å². The lowest BCUT2D eigenvalue weighted by atomic mass is 9.91. The van der Waals surface area contributed by atoms with E-state index >= 15 is 0 Å². The number of carbonyl (C=O) groups excluding carboxylic acids is 1. The van der Waals surface area contributed by atoms with Gasteiger partial charge in [-0.15, -0.1) is 22.7 Å². The molecule has 4 heterocycles. The maximum Gasteiger partial charge on any atom is 0.349 e. The first-order valence-electron chi connectivity index (χ1n) is 21.2. The minimum Gasteiger partial charge on any atom is -0.506 e. The van der Waals surface area contributed by atoms with Crippen molar-refractivity contribution in [2.45, 2.75) is 108 Å². The number of pyridine rings is 1. The van der Waals surface area contributed by atoms with Crippen LogP contribution in [0.3, 0.4) is 0 Å². The molecule has 0 amide bonds. The molecule has 1 atom stereocenters. The van der Waals surface area contributed by atoms with Crippen molar-refractivity contribution in [3.05, 3.63) is 121 Å². The summed E-state index contributed by atoms with van der Waals surface area (Å²) in [5, 5.41) is 31.8. The van der Waals surface area contributed by atoms with Crippen LogP contribution in [0.5, 0.6) is 5.75 Å². The number of rotatable bonds is 17. The molecular weight excluding hydrogens is 809 g/mol. The molecule has 1 aliphatic carbocycles. The van der Waals surface area contributed by atoms with Crippen LogP contribution < -0.4 is 10.9 Å². The minimum atomic E-state index is -2.19. The van der Waals surface area contributed by atoms with Gasteiger partial charge in [-0.05, 0) is 122 Å². The number of thiophene rings is 2. The molecule has 60 heavy (non-hydrogen) atoms. The third-order valence-corrected chi connectivity index (χ3v) is 19.2. The number of benzene rings is 2. The van der Waals surface area contributed by atoms with Crippen molar-refractivity contribution in [2.24, 2.45) is 0 Å². The molecule has 2 aromatic carbocycles. The second kappa shape index (κ2) is 18.5. The topological polar surface area (TPSA) is 129 Å². The fourth-order valence-electron chi connectivity index (χ4n) is 8.26. The smallest absolute Gasteiger partial charge is 0.349 e. The Labute approximate surface area is 362 Å². The SMILES string of the molecule is CN(CCCc1cn(CCNC[C@H](O[Si](C)(C)C(C)(C)C)c2ccc(O)c3[nH]c(=O)ccc23)c2ccccc12)[C@H]1CC[C@H](OC(=O)C(O)(c2cccs2)c2cccs2)CC1. The van der Waals surface area contributed by atoms with Gasteiger partial charge in [0.15, 0.2) is 8.32 Å². The van der Waals surface area contributed by atoms with Crippen LogP contribution in [-0.2, 0) is 32.5 Å². The Morgan fingerprint density at radius 1 is 0.967 bits per heavy atom. The quantitative estimate of drug-likeness (QED) is 0.0406. The van der Waals surface area contributed by atoms with Crippen molar-refractivity contribution < 1.29 is 24.2 Å². The molecule has 1 aliphatic rings. The Balaban J connectivity index is 0.931. The Hall–Kier alpha value is -4.08. The van der Waals surface area contributed by atoms with Crippen LogP contribution in [0.1, 0.15) is 79.9 Å². The van der Waals surface area contributed by atoms with Gasteiger partial charge in [0.1, 0.15) is 11.9 Å². The molecule has 0 aliphatic heterocycles. The first-order chi connectivity index (χ1) is 28.7. The molecular formula is C47H60N4O6S2Si. The Bertz CT molecular complexity index is 2380. The van der Waals surface area contributed by atoms with E-state index in [0.717, 1.165) is 69.1 Å². The zero-order valence-electron chi connectivity index (χ0n) is 35.7. The molecule has 13 heteroatoms. The van der Waals surface area contributed by atoms with Gasteiger partial charge in [0.25, 0.3) is 0 Å². The van der Waals surface area contributed by atoms with Crippen molar-refractivity contribution in [3.8, 4) is 5.75 Å². The summed E-state index contributed by atoms with van der Waals surface area (Å²) in [5.74, 6) is -0.535. The van der Waals surface area contributed by atoms with E-state index in [1.807, 2.05) is 29.0 Å². The summed E-state index contributed by atoms with van der Waals surface area (Å²) < 4.78 is 15.4. The van der Waals surface area contributed by atoms with E-state index in [1.165, 1.54) is 45.2 Å². The van der Waals surface area contributed by atoms with Crippen LogP contribution in [0.15, 0.2) is 94.5 Å². The molecule has 7 rings (SSSR count). The summed E-state index contributed by atoms with van der Waals surface area (Å²) in [7, 11) is 0.0153. The lowest BCUT2D eigenvalue weighted by Gasteiger charge is -2.39. The highest BCUT2D eigenvalue weighted by Crippen LogP contribution is 2.42. The van der Waals surface area contributed by atoms with Crippen LogP contribution in [0.2, 0.25) is 18.1 Å². The summed E-state index contributed by atoms with van der Waals surface area (Å²) >= 11 is 2.73. The fraction of sp³-hybridized carbons (Fsp3) is 0.447. The standard InChI is InChI=1S/C47H60N4O6S2Si/c1-46(2,3)60(5,6)57-40(36-21-23-39(52)44-37(36)22-24-43(53)49-44)30-48-25-27-51-31-32(35-13-7-8-14-38(35)51)12-9-26-50(4)33-17-19-34(20-18-33)56-45(54)47(55,41-15-10-28-58-41)42-16-11-29-59-42/h7-8,10-11,13-16,21-24,28-29,31,33-34,40,48,52,55H,9,12,17-20,25-27,30H2,1-6H3,(H,49,53)/t33-,34-,40-/m0/s1. The van der Waals surface area contributed by atoms with E-state index in [1.54, 1.807) is 24.3 Å². The summed E-state index contributed by atoms with van der Waals surface area (Å²) in [6, 6.07) is 23.2.